The van der Waals surface area contributed by atoms with Crippen LogP contribution in [-0.4, -0.2) is 15.3 Å². The number of fused-ring (bicyclic) bond motifs is 2. The Morgan fingerprint density at radius 3 is 2.86 bits per heavy atom. The van der Waals surface area contributed by atoms with Gasteiger partial charge in [-0.25, -0.2) is 4.98 Å². The summed E-state index contributed by atoms with van der Waals surface area (Å²) in [6, 6.07) is 12.2. The highest BCUT2D eigenvalue weighted by atomic mass is 16.3. The summed E-state index contributed by atoms with van der Waals surface area (Å²) in [7, 11) is 0. The summed E-state index contributed by atoms with van der Waals surface area (Å²) in [6.07, 6.45) is 5.68. The third-order valence-corrected chi connectivity index (χ3v) is 5.72. The molecule has 1 aliphatic rings. The summed E-state index contributed by atoms with van der Waals surface area (Å²) < 4.78 is 7.92. The number of hydrogen-bond donors (Lipinski definition) is 1. The average molecular weight is 373 g/mol. The molecule has 0 spiro atoms. The number of carbonyl (C=O) groups is 1. The Morgan fingerprint density at radius 2 is 2.07 bits per heavy atom. The molecule has 3 heterocycles. The summed E-state index contributed by atoms with van der Waals surface area (Å²) in [5.41, 5.74) is 5.12. The van der Waals surface area contributed by atoms with Gasteiger partial charge in [0.05, 0.1) is 5.69 Å². The Morgan fingerprint density at radius 1 is 1.21 bits per heavy atom. The smallest absolute Gasteiger partial charge is 0.270 e. The molecule has 0 aliphatic heterocycles. The van der Waals surface area contributed by atoms with Crippen molar-refractivity contribution in [3.8, 4) is 0 Å². The lowest BCUT2D eigenvalue weighted by Gasteiger charge is -2.22. The van der Waals surface area contributed by atoms with E-state index in [2.05, 4.69) is 22.4 Å². The van der Waals surface area contributed by atoms with Crippen molar-refractivity contribution in [2.24, 2.45) is 0 Å². The van der Waals surface area contributed by atoms with E-state index in [0.717, 1.165) is 39.2 Å². The van der Waals surface area contributed by atoms with Gasteiger partial charge >= 0.3 is 0 Å². The lowest BCUT2D eigenvalue weighted by Crippen LogP contribution is -2.25. The molecule has 0 unspecified atom stereocenters. The highest BCUT2D eigenvalue weighted by Gasteiger charge is 2.23. The zero-order valence-electron chi connectivity index (χ0n) is 16.2. The fraction of sp³-hybridized carbons (Fsp3) is 0.304. The molecule has 1 aliphatic carbocycles. The summed E-state index contributed by atoms with van der Waals surface area (Å²) >= 11 is 0. The third-order valence-electron chi connectivity index (χ3n) is 5.72. The number of hydrogen-bond acceptors (Lipinski definition) is 3. The van der Waals surface area contributed by atoms with Gasteiger partial charge in [-0.3, -0.25) is 9.20 Å². The lowest BCUT2D eigenvalue weighted by atomic mass is 9.83. The van der Waals surface area contributed by atoms with Gasteiger partial charge in [-0.05, 0) is 56.0 Å². The number of imidazole rings is 1. The summed E-state index contributed by atoms with van der Waals surface area (Å²) in [4.78, 5) is 17.3. The molecule has 28 heavy (non-hydrogen) atoms. The van der Waals surface area contributed by atoms with Gasteiger partial charge in [0.2, 0.25) is 0 Å². The van der Waals surface area contributed by atoms with E-state index in [1.54, 1.807) is 0 Å². The minimum atomic E-state index is -0.120. The molecule has 1 aromatic carbocycles. The van der Waals surface area contributed by atoms with E-state index in [1.807, 2.05) is 48.7 Å². The van der Waals surface area contributed by atoms with E-state index in [9.17, 15) is 4.79 Å². The lowest BCUT2D eigenvalue weighted by molar-refractivity contribution is 0.0944. The molecule has 0 bridgehead atoms. The number of nitrogens with zero attached hydrogens (tertiary/aromatic N) is 2. The van der Waals surface area contributed by atoms with E-state index in [0.29, 0.717) is 18.2 Å². The Balaban J connectivity index is 1.36. The first kappa shape index (κ1) is 17.0. The van der Waals surface area contributed by atoms with E-state index < -0.39 is 0 Å². The zero-order valence-corrected chi connectivity index (χ0v) is 16.2. The minimum Gasteiger partial charge on any atom is -0.461 e. The first-order chi connectivity index (χ1) is 13.6. The van der Waals surface area contributed by atoms with Gasteiger partial charge in [0.25, 0.3) is 5.91 Å². The Hall–Kier alpha value is -3.08. The zero-order chi connectivity index (χ0) is 19.3. The monoisotopic (exact) mass is 373 g/mol. The van der Waals surface area contributed by atoms with Crippen molar-refractivity contribution in [2.75, 3.05) is 0 Å². The third kappa shape index (κ3) is 2.87. The molecule has 0 saturated heterocycles. The molecule has 142 valence electrons. The predicted octanol–water partition coefficient (Wildman–Crippen LogP) is 4.89. The molecule has 1 N–H and O–H groups in total. The van der Waals surface area contributed by atoms with E-state index in [4.69, 9.17) is 4.42 Å². The van der Waals surface area contributed by atoms with Crippen LogP contribution in [0.5, 0.6) is 0 Å². The molecular formula is C23H23N3O2. The van der Waals surface area contributed by atoms with Crippen molar-refractivity contribution in [3.05, 3.63) is 70.9 Å². The van der Waals surface area contributed by atoms with Crippen LogP contribution in [0.4, 0.5) is 0 Å². The predicted molar refractivity (Wildman–Crippen MR) is 109 cm³/mol. The molecule has 3 aromatic heterocycles. The van der Waals surface area contributed by atoms with Crippen LogP contribution < -0.4 is 5.32 Å². The number of aromatic nitrogens is 2. The van der Waals surface area contributed by atoms with Crippen LogP contribution in [0.15, 0.2) is 47.0 Å². The van der Waals surface area contributed by atoms with Crippen LogP contribution in [0.25, 0.3) is 16.6 Å². The van der Waals surface area contributed by atoms with Gasteiger partial charge in [-0.15, -0.1) is 0 Å². The second-order valence-corrected chi connectivity index (χ2v) is 7.81. The second kappa shape index (κ2) is 6.51. The number of rotatable bonds is 4. The van der Waals surface area contributed by atoms with Gasteiger partial charge in [0.15, 0.2) is 0 Å². The molecule has 5 rings (SSSR count). The molecule has 5 heteroatoms. The molecular weight excluding hydrogens is 350 g/mol. The highest BCUT2D eigenvalue weighted by Crippen LogP contribution is 2.38. The first-order valence-corrected chi connectivity index (χ1v) is 9.84. The van der Waals surface area contributed by atoms with Crippen LogP contribution in [0.1, 0.15) is 58.2 Å². The Kier molecular flexibility index (Phi) is 3.97. The van der Waals surface area contributed by atoms with Crippen LogP contribution in [-0.2, 0) is 6.54 Å². The van der Waals surface area contributed by atoms with Crippen molar-refractivity contribution in [1.29, 1.82) is 0 Å². The van der Waals surface area contributed by atoms with Gasteiger partial charge in [-0.2, -0.15) is 0 Å². The fourth-order valence-corrected chi connectivity index (χ4v) is 3.91. The number of nitrogens with one attached hydrogen (secondary N) is 1. The molecule has 0 radical (unpaired) electrons. The van der Waals surface area contributed by atoms with Crippen molar-refractivity contribution in [3.63, 3.8) is 0 Å². The molecule has 0 atom stereocenters. The number of benzene rings is 1. The summed E-state index contributed by atoms with van der Waals surface area (Å²) in [5.74, 6) is 1.56. The van der Waals surface area contributed by atoms with Crippen LogP contribution in [0, 0.1) is 13.8 Å². The maximum atomic E-state index is 12.8. The number of aryl methyl sites for hydroxylation is 2. The molecule has 1 amide bonds. The maximum Gasteiger partial charge on any atom is 0.270 e. The van der Waals surface area contributed by atoms with Crippen LogP contribution >= 0.6 is 0 Å². The second-order valence-electron chi connectivity index (χ2n) is 7.81. The van der Waals surface area contributed by atoms with Gasteiger partial charge in [0.1, 0.15) is 22.7 Å². The molecule has 4 aromatic rings. The number of furan rings is 1. The number of amides is 1. The molecule has 1 saturated carbocycles. The van der Waals surface area contributed by atoms with Gasteiger partial charge in [0, 0.05) is 24.0 Å². The van der Waals surface area contributed by atoms with Gasteiger partial charge in [-0.1, -0.05) is 24.6 Å². The van der Waals surface area contributed by atoms with Crippen molar-refractivity contribution in [2.45, 2.75) is 45.6 Å². The first-order valence-electron chi connectivity index (χ1n) is 9.84. The Labute approximate surface area is 163 Å². The normalized spacial score (nSPS) is 14.5. The Bertz CT molecular complexity index is 1200. The largest absolute Gasteiger partial charge is 0.461 e. The summed E-state index contributed by atoms with van der Waals surface area (Å²) in [5, 5.41) is 4.16. The standard InChI is InChI=1S/C23H23N3O2/c1-14-6-9-21-25-15(2)22(26(21)13-14)23(27)24-12-16-7-8-18-11-20(17-4-3-5-17)28-19(18)10-16/h6-11,13,17H,3-5,12H2,1-2H3,(H,24,27). The highest BCUT2D eigenvalue weighted by molar-refractivity contribution is 5.94. The van der Waals surface area contributed by atoms with E-state index in [-0.39, 0.29) is 5.91 Å². The van der Waals surface area contributed by atoms with Crippen LogP contribution in [0.2, 0.25) is 0 Å². The minimum absolute atomic E-state index is 0.120. The van der Waals surface area contributed by atoms with Gasteiger partial charge < -0.3 is 9.73 Å². The van der Waals surface area contributed by atoms with Crippen molar-refractivity contribution in [1.82, 2.24) is 14.7 Å². The van der Waals surface area contributed by atoms with Crippen molar-refractivity contribution < 1.29 is 9.21 Å². The molecule has 1 fully saturated rings. The quantitative estimate of drug-likeness (QED) is 0.554. The fourth-order valence-electron chi connectivity index (χ4n) is 3.91. The topological polar surface area (TPSA) is 59.5 Å². The molecule has 5 nitrogen and oxygen atoms in total. The van der Waals surface area contributed by atoms with E-state index >= 15 is 0 Å². The average Bonchev–Trinajstić information content (AvgIpc) is 3.17. The van der Waals surface area contributed by atoms with Crippen molar-refractivity contribution >= 4 is 22.5 Å². The number of carbonyl (C=O) groups excluding carboxylic acids is 1. The maximum absolute atomic E-state index is 12.8. The summed E-state index contributed by atoms with van der Waals surface area (Å²) in [6.45, 7) is 4.33. The SMILES string of the molecule is Cc1ccc2nc(C)c(C(=O)NCc3ccc4cc(C5CCC5)oc4c3)n2c1. The van der Waals surface area contributed by atoms with Crippen LogP contribution in [0.3, 0.4) is 0 Å². The van der Waals surface area contributed by atoms with E-state index in [1.165, 1.54) is 19.3 Å². The number of pyridine rings is 1.